The second-order valence-corrected chi connectivity index (χ2v) is 7.68. The molecule has 3 amide bonds. The quantitative estimate of drug-likeness (QED) is 0.868. The van der Waals surface area contributed by atoms with E-state index in [1.165, 1.54) is 12.1 Å². The molecule has 0 unspecified atom stereocenters. The van der Waals surface area contributed by atoms with Crippen molar-refractivity contribution in [3.63, 3.8) is 0 Å². The van der Waals surface area contributed by atoms with Crippen LogP contribution in [0, 0.1) is 11.7 Å². The lowest BCUT2D eigenvalue weighted by Crippen LogP contribution is -2.50. The molecule has 1 atom stereocenters. The maximum atomic E-state index is 14.1. The Labute approximate surface area is 169 Å². The molecule has 0 saturated carbocycles. The highest BCUT2D eigenvalue weighted by Crippen LogP contribution is 2.34. The van der Waals surface area contributed by atoms with Crippen LogP contribution in [-0.4, -0.2) is 56.6 Å². The normalized spacial score (nSPS) is 19.2. The van der Waals surface area contributed by atoms with Gasteiger partial charge in [0.1, 0.15) is 5.82 Å². The maximum Gasteiger partial charge on any atom is 0.322 e. The van der Waals surface area contributed by atoms with E-state index in [-0.39, 0.29) is 11.6 Å². The molecule has 2 aliphatic heterocycles. The minimum absolute atomic E-state index is 0.0329. The number of likely N-dealkylation sites (tertiary alicyclic amines) is 1. The zero-order chi connectivity index (χ0) is 20.4. The van der Waals surface area contributed by atoms with Crippen LogP contribution in [0.25, 0.3) is 0 Å². The molecule has 6 nitrogen and oxygen atoms in total. The molecular formula is C22H25FN4O2. The van der Waals surface area contributed by atoms with Crippen molar-refractivity contribution in [2.45, 2.75) is 6.42 Å². The van der Waals surface area contributed by atoms with E-state index in [1.54, 1.807) is 28.0 Å². The highest BCUT2D eigenvalue weighted by Gasteiger charge is 2.31. The van der Waals surface area contributed by atoms with E-state index in [0.717, 1.165) is 19.5 Å². The number of anilines is 2. The summed E-state index contributed by atoms with van der Waals surface area (Å²) in [7, 11) is 2.09. The zero-order valence-corrected chi connectivity index (χ0v) is 16.5. The van der Waals surface area contributed by atoms with Crippen molar-refractivity contribution in [1.82, 2.24) is 10.2 Å². The summed E-state index contributed by atoms with van der Waals surface area (Å²) >= 11 is 0. The molecule has 0 aliphatic carbocycles. The summed E-state index contributed by atoms with van der Waals surface area (Å²) in [5, 5.41) is 3.04. The Morgan fingerprint density at radius 2 is 1.66 bits per heavy atom. The van der Waals surface area contributed by atoms with Gasteiger partial charge < -0.3 is 15.1 Å². The number of benzene rings is 2. The Balaban J connectivity index is 1.51. The van der Waals surface area contributed by atoms with E-state index in [4.69, 9.17) is 0 Å². The fourth-order valence-corrected chi connectivity index (χ4v) is 4.08. The number of halogens is 1. The lowest BCUT2D eigenvalue weighted by Gasteiger charge is -2.36. The standard InChI is InChI=1S/C22H25FN4O2/c1-25-11-10-16(15-25)14-24-22(29)27-13-12-26(19-8-4-5-9-20(19)27)21(28)17-6-2-3-7-18(17)23/h2-9,16H,10-15H2,1H3,(H,24,29)/t16-/m1/s1. The SMILES string of the molecule is CN1CC[C@H](CNC(=O)N2CCN(C(=O)c3ccccc3F)c3ccccc32)C1. The van der Waals surface area contributed by atoms with Gasteiger partial charge in [0, 0.05) is 26.2 Å². The van der Waals surface area contributed by atoms with Gasteiger partial charge in [0.15, 0.2) is 0 Å². The average Bonchev–Trinajstić information content (AvgIpc) is 3.16. The van der Waals surface area contributed by atoms with Crippen molar-refractivity contribution >= 4 is 23.3 Å². The first kappa shape index (κ1) is 19.4. The first-order chi connectivity index (χ1) is 14.0. The minimum Gasteiger partial charge on any atom is -0.337 e. The van der Waals surface area contributed by atoms with E-state index in [9.17, 15) is 14.0 Å². The summed E-state index contributed by atoms with van der Waals surface area (Å²) in [6.45, 7) is 3.35. The molecule has 29 heavy (non-hydrogen) atoms. The number of amides is 3. The first-order valence-electron chi connectivity index (χ1n) is 9.94. The van der Waals surface area contributed by atoms with Gasteiger partial charge in [-0.1, -0.05) is 24.3 Å². The van der Waals surface area contributed by atoms with Crippen molar-refractivity contribution in [3.05, 3.63) is 59.9 Å². The zero-order valence-electron chi connectivity index (χ0n) is 16.5. The molecule has 4 rings (SSSR count). The molecule has 1 fully saturated rings. The third-order valence-corrected chi connectivity index (χ3v) is 5.64. The first-order valence-corrected chi connectivity index (χ1v) is 9.94. The molecule has 2 aromatic rings. The number of nitrogens with zero attached hydrogens (tertiary/aromatic N) is 3. The van der Waals surface area contributed by atoms with Crippen molar-refractivity contribution < 1.29 is 14.0 Å². The van der Waals surface area contributed by atoms with Crippen LogP contribution in [0.4, 0.5) is 20.6 Å². The van der Waals surface area contributed by atoms with Gasteiger partial charge >= 0.3 is 6.03 Å². The molecule has 0 aromatic heterocycles. The highest BCUT2D eigenvalue weighted by molar-refractivity contribution is 6.10. The molecule has 0 spiro atoms. The van der Waals surface area contributed by atoms with Gasteiger partial charge in [0.2, 0.25) is 0 Å². The van der Waals surface area contributed by atoms with Crippen LogP contribution in [-0.2, 0) is 0 Å². The fraction of sp³-hybridized carbons (Fsp3) is 0.364. The number of carbonyl (C=O) groups is 2. The fourth-order valence-electron chi connectivity index (χ4n) is 4.08. The lowest BCUT2D eigenvalue weighted by molar-refractivity contribution is 0.0982. The predicted octanol–water partition coefficient (Wildman–Crippen LogP) is 2.95. The van der Waals surface area contributed by atoms with Gasteiger partial charge in [-0.05, 0) is 50.2 Å². The Kier molecular flexibility index (Phi) is 5.49. The second-order valence-electron chi connectivity index (χ2n) is 7.68. The highest BCUT2D eigenvalue weighted by atomic mass is 19.1. The molecule has 0 bridgehead atoms. The van der Waals surface area contributed by atoms with Crippen LogP contribution >= 0.6 is 0 Å². The van der Waals surface area contributed by atoms with Crippen LogP contribution in [0.15, 0.2) is 48.5 Å². The van der Waals surface area contributed by atoms with Crippen molar-refractivity contribution in [3.8, 4) is 0 Å². The van der Waals surface area contributed by atoms with E-state index in [0.29, 0.717) is 36.9 Å². The van der Waals surface area contributed by atoms with Crippen molar-refractivity contribution in [2.24, 2.45) is 5.92 Å². The van der Waals surface area contributed by atoms with E-state index in [1.807, 2.05) is 18.2 Å². The summed E-state index contributed by atoms with van der Waals surface area (Å²) in [4.78, 5) is 31.3. The van der Waals surface area contributed by atoms with Gasteiger partial charge in [-0.15, -0.1) is 0 Å². The molecule has 152 valence electrons. The van der Waals surface area contributed by atoms with Crippen LogP contribution in [0.2, 0.25) is 0 Å². The maximum absolute atomic E-state index is 14.1. The number of nitrogens with one attached hydrogen (secondary N) is 1. The Bertz CT molecular complexity index is 919. The Morgan fingerprint density at radius 3 is 2.34 bits per heavy atom. The van der Waals surface area contributed by atoms with Gasteiger partial charge in [-0.2, -0.15) is 0 Å². The number of urea groups is 1. The van der Waals surface area contributed by atoms with Crippen LogP contribution in [0.5, 0.6) is 0 Å². The topological polar surface area (TPSA) is 55.9 Å². The summed E-state index contributed by atoms with van der Waals surface area (Å²) in [5.41, 5.74) is 1.30. The van der Waals surface area contributed by atoms with E-state index >= 15 is 0 Å². The third-order valence-electron chi connectivity index (χ3n) is 5.64. The summed E-state index contributed by atoms with van der Waals surface area (Å²) in [6.07, 6.45) is 1.08. The van der Waals surface area contributed by atoms with Gasteiger partial charge in [0.25, 0.3) is 5.91 Å². The minimum atomic E-state index is -0.545. The Hall–Kier alpha value is -2.93. The molecule has 7 heteroatoms. The molecule has 0 radical (unpaired) electrons. The number of rotatable bonds is 3. The van der Waals surface area contributed by atoms with Crippen molar-refractivity contribution in [2.75, 3.05) is 49.6 Å². The molecule has 2 heterocycles. The van der Waals surface area contributed by atoms with Gasteiger partial charge in [0.05, 0.1) is 16.9 Å². The Morgan fingerprint density at radius 1 is 1.00 bits per heavy atom. The summed E-state index contributed by atoms with van der Waals surface area (Å²) in [5.74, 6) is -0.482. The lowest BCUT2D eigenvalue weighted by atomic mass is 10.1. The molecule has 2 aromatic carbocycles. The largest absolute Gasteiger partial charge is 0.337 e. The molecular weight excluding hydrogens is 371 g/mol. The smallest absolute Gasteiger partial charge is 0.322 e. The number of para-hydroxylation sites is 2. The summed E-state index contributed by atoms with van der Waals surface area (Å²) < 4.78 is 14.1. The average molecular weight is 396 g/mol. The number of carbonyl (C=O) groups excluding carboxylic acids is 2. The second kappa shape index (κ2) is 8.21. The third kappa shape index (κ3) is 3.96. The molecule has 2 aliphatic rings. The molecule has 1 N–H and O–H groups in total. The predicted molar refractivity (Wildman–Crippen MR) is 111 cm³/mol. The monoisotopic (exact) mass is 396 g/mol. The van der Waals surface area contributed by atoms with Crippen LogP contribution in [0.1, 0.15) is 16.8 Å². The number of hydrogen-bond donors (Lipinski definition) is 1. The van der Waals surface area contributed by atoms with Crippen LogP contribution in [0.3, 0.4) is 0 Å². The van der Waals surface area contributed by atoms with E-state index < -0.39 is 11.7 Å². The van der Waals surface area contributed by atoms with Crippen molar-refractivity contribution in [1.29, 1.82) is 0 Å². The number of fused-ring (bicyclic) bond motifs is 1. The van der Waals surface area contributed by atoms with Gasteiger partial charge in [-0.3, -0.25) is 9.69 Å². The van der Waals surface area contributed by atoms with Crippen LogP contribution < -0.4 is 15.1 Å². The van der Waals surface area contributed by atoms with E-state index in [2.05, 4.69) is 17.3 Å². The summed E-state index contributed by atoms with van der Waals surface area (Å²) in [6, 6.07) is 13.1. The van der Waals surface area contributed by atoms with Gasteiger partial charge in [-0.25, -0.2) is 9.18 Å². The number of hydrogen-bond acceptors (Lipinski definition) is 3. The molecule has 1 saturated heterocycles.